The molecule has 0 aliphatic heterocycles. The Balaban J connectivity index is 2.06. The molecule has 3 rings (SSSR count). The third-order valence-electron chi connectivity index (χ3n) is 4.66. The third-order valence-corrected chi connectivity index (χ3v) is 4.66. The average Bonchev–Trinajstić information content (AvgIpc) is 2.63. The summed E-state index contributed by atoms with van der Waals surface area (Å²) in [5, 5.41) is 22.5. The van der Waals surface area contributed by atoms with Crippen LogP contribution in [0.5, 0.6) is 5.75 Å². The van der Waals surface area contributed by atoms with E-state index in [4.69, 9.17) is 4.74 Å². The monoisotopic (exact) mass is 340 g/mol. The number of nitro benzene ring substituents is 1. The summed E-state index contributed by atoms with van der Waals surface area (Å²) in [7, 11) is 0. The lowest BCUT2D eigenvalue weighted by Crippen LogP contribution is -2.35. The first-order valence-electron chi connectivity index (χ1n) is 8.26. The second-order valence-corrected chi connectivity index (χ2v) is 6.25. The van der Waals surface area contributed by atoms with E-state index in [1.807, 2.05) is 30.3 Å². The fourth-order valence-electron chi connectivity index (χ4n) is 3.40. The van der Waals surface area contributed by atoms with E-state index in [1.165, 1.54) is 6.07 Å². The first-order chi connectivity index (χ1) is 12.0. The standard InChI is InChI=1S/C19H19NO5/c21-18(22)14-9-10-16(20(23)24)17(13-14)25-19(11-5-2-6-12-19)15-7-3-1-4-8-15/h1,3-4,7-10,13H,2,5-6,11-12H2,(H,21,22)/p-1. The molecule has 0 radical (unpaired) electrons. The normalized spacial score (nSPS) is 16.2. The van der Waals surface area contributed by atoms with Crippen LogP contribution in [0.2, 0.25) is 0 Å². The Morgan fingerprint density at radius 3 is 2.32 bits per heavy atom. The van der Waals surface area contributed by atoms with Gasteiger partial charge in [0.05, 0.1) is 10.9 Å². The summed E-state index contributed by atoms with van der Waals surface area (Å²) in [6.45, 7) is 0. The van der Waals surface area contributed by atoms with Gasteiger partial charge in [-0.2, -0.15) is 0 Å². The Labute approximate surface area is 145 Å². The van der Waals surface area contributed by atoms with Gasteiger partial charge in [-0.05, 0) is 43.4 Å². The summed E-state index contributed by atoms with van der Waals surface area (Å²) in [6, 6.07) is 13.1. The number of hydrogen-bond donors (Lipinski definition) is 0. The molecule has 2 aromatic rings. The lowest BCUT2D eigenvalue weighted by atomic mass is 9.79. The van der Waals surface area contributed by atoms with Crippen molar-refractivity contribution in [2.45, 2.75) is 37.7 Å². The Morgan fingerprint density at radius 2 is 1.72 bits per heavy atom. The smallest absolute Gasteiger partial charge is 0.311 e. The minimum absolute atomic E-state index is 0.0301. The molecule has 0 N–H and O–H groups in total. The van der Waals surface area contributed by atoms with Crippen LogP contribution in [-0.4, -0.2) is 10.9 Å². The van der Waals surface area contributed by atoms with Crippen molar-refractivity contribution in [1.29, 1.82) is 0 Å². The first-order valence-corrected chi connectivity index (χ1v) is 8.26. The zero-order chi connectivity index (χ0) is 17.9. The zero-order valence-corrected chi connectivity index (χ0v) is 13.6. The topological polar surface area (TPSA) is 92.5 Å². The van der Waals surface area contributed by atoms with Crippen LogP contribution in [0.25, 0.3) is 0 Å². The average molecular weight is 340 g/mol. The summed E-state index contributed by atoms with van der Waals surface area (Å²) >= 11 is 0. The predicted molar refractivity (Wildman–Crippen MR) is 89.3 cm³/mol. The molecule has 6 heteroatoms. The SMILES string of the molecule is O=C([O-])c1ccc([N+](=O)[O-])c(OC2(c3ccccc3)CCCCC2)c1. The van der Waals surface area contributed by atoms with Crippen LogP contribution in [0.4, 0.5) is 5.69 Å². The summed E-state index contributed by atoms with van der Waals surface area (Å²) in [5.74, 6) is -1.42. The van der Waals surface area contributed by atoms with Crippen molar-refractivity contribution in [2.24, 2.45) is 0 Å². The number of hydrogen-bond acceptors (Lipinski definition) is 5. The molecule has 1 saturated carbocycles. The molecule has 0 unspecified atom stereocenters. The van der Waals surface area contributed by atoms with E-state index in [2.05, 4.69) is 0 Å². The molecule has 2 aromatic carbocycles. The van der Waals surface area contributed by atoms with E-state index in [0.29, 0.717) is 0 Å². The molecule has 1 fully saturated rings. The molecule has 25 heavy (non-hydrogen) atoms. The number of carbonyl (C=O) groups excluding carboxylic acids is 1. The summed E-state index contributed by atoms with van der Waals surface area (Å²) < 4.78 is 6.18. The van der Waals surface area contributed by atoms with Crippen LogP contribution in [0.15, 0.2) is 48.5 Å². The Kier molecular flexibility index (Phi) is 4.70. The van der Waals surface area contributed by atoms with E-state index >= 15 is 0 Å². The maximum Gasteiger partial charge on any atom is 0.311 e. The second kappa shape index (κ2) is 6.93. The molecule has 1 aliphatic rings. The quantitative estimate of drug-likeness (QED) is 0.615. The number of nitro groups is 1. The molecule has 0 atom stereocenters. The van der Waals surface area contributed by atoms with Crippen LogP contribution in [0.1, 0.15) is 48.0 Å². The summed E-state index contributed by atoms with van der Waals surface area (Å²) in [6.07, 6.45) is 4.43. The van der Waals surface area contributed by atoms with Crippen molar-refractivity contribution in [1.82, 2.24) is 0 Å². The van der Waals surface area contributed by atoms with Crippen molar-refractivity contribution in [3.63, 3.8) is 0 Å². The molecule has 0 bridgehead atoms. The van der Waals surface area contributed by atoms with E-state index in [9.17, 15) is 20.0 Å². The molecule has 6 nitrogen and oxygen atoms in total. The minimum atomic E-state index is -1.39. The highest BCUT2D eigenvalue weighted by molar-refractivity contribution is 5.87. The maximum absolute atomic E-state index is 11.3. The number of aromatic carboxylic acids is 1. The van der Waals surface area contributed by atoms with Gasteiger partial charge >= 0.3 is 5.69 Å². The summed E-state index contributed by atoms with van der Waals surface area (Å²) in [5.41, 5.74) is -0.122. The molecule has 0 saturated heterocycles. The number of carbonyl (C=O) groups is 1. The zero-order valence-electron chi connectivity index (χ0n) is 13.6. The lowest BCUT2D eigenvalue weighted by Gasteiger charge is -2.38. The van der Waals surface area contributed by atoms with Crippen LogP contribution in [0, 0.1) is 10.1 Å². The molecular weight excluding hydrogens is 322 g/mol. The van der Waals surface area contributed by atoms with Crippen molar-refractivity contribution >= 4 is 11.7 Å². The van der Waals surface area contributed by atoms with Crippen LogP contribution in [0.3, 0.4) is 0 Å². The fraction of sp³-hybridized carbons (Fsp3) is 0.316. The number of benzene rings is 2. The number of carboxylic acids is 1. The van der Waals surface area contributed by atoms with Crippen molar-refractivity contribution in [3.8, 4) is 5.75 Å². The molecule has 0 amide bonds. The van der Waals surface area contributed by atoms with Crippen LogP contribution < -0.4 is 9.84 Å². The largest absolute Gasteiger partial charge is 0.545 e. The highest BCUT2D eigenvalue weighted by atomic mass is 16.6. The predicted octanol–water partition coefficient (Wildman–Crippen LogP) is 3.20. The van der Waals surface area contributed by atoms with E-state index < -0.39 is 16.5 Å². The maximum atomic E-state index is 11.3. The van der Waals surface area contributed by atoms with Crippen LogP contribution >= 0.6 is 0 Å². The molecule has 0 spiro atoms. The number of carboxylic acid groups (broad SMARTS) is 1. The van der Waals surface area contributed by atoms with Crippen molar-refractivity contribution < 1.29 is 19.6 Å². The van der Waals surface area contributed by atoms with Gasteiger partial charge in [-0.3, -0.25) is 10.1 Å². The van der Waals surface area contributed by atoms with Crippen molar-refractivity contribution in [2.75, 3.05) is 0 Å². The Bertz CT molecular complexity index is 782. The van der Waals surface area contributed by atoms with Gasteiger partial charge in [-0.15, -0.1) is 0 Å². The Morgan fingerprint density at radius 1 is 1.04 bits per heavy atom. The van der Waals surface area contributed by atoms with Gasteiger partial charge in [0.1, 0.15) is 5.60 Å². The molecule has 0 heterocycles. The van der Waals surface area contributed by atoms with Gasteiger partial charge in [-0.25, -0.2) is 0 Å². The molecule has 0 aromatic heterocycles. The number of rotatable bonds is 5. The van der Waals surface area contributed by atoms with E-state index in [0.717, 1.165) is 49.8 Å². The third kappa shape index (κ3) is 3.47. The number of nitrogens with zero attached hydrogens (tertiary/aromatic N) is 1. The molecular formula is C19H18NO5-. The van der Waals surface area contributed by atoms with Gasteiger partial charge in [0, 0.05) is 11.6 Å². The van der Waals surface area contributed by atoms with Gasteiger partial charge in [0.15, 0.2) is 5.75 Å². The summed E-state index contributed by atoms with van der Waals surface area (Å²) in [4.78, 5) is 21.9. The molecule has 1 aliphatic carbocycles. The van der Waals surface area contributed by atoms with Crippen molar-refractivity contribution in [3.05, 3.63) is 69.8 Å². The van der Waals surface area contributed by atoms with Gasteiger partial charge in [0.2, 0.25) is 0 Å². The number of ether oxygens (including phenoxy) is 1. The van der Waals surface area contributed by atoms with Gasteiger partial charge in [-0.1, -0.05) is 36.8 Å². The van der Waals surface area contributed by atoms with Gasteiger partial charge < -0.3 is 14.6 Å². The Hall–Kier alpha value is -2.89. The highest BCUT2D eigenvalue weighted by Gasteiger charge is 2.37. The van der Waals surface area contributed by atoms with Crippen LogP contribution in [-0.2, 0) is 5.60 Å². The van der Waals surface area contributed by atoms with Gasteiger partial charge in [0.25, 0.3) is 0 Å². The molecule has 130 valence electrons. The fourth-order valence-corrected chi connectivity index (χ4v) is 3.40. The van der Waals surface area contributed by atoms with E-state index in [1.54, 1.807) is 0 Å². The second-order valence-electron chi connectivity index (χ2n) is 6.25. The first kappa shape index (κ1) is 17.0. The lowest BCUT2D eigenvalue weighted by molar-refractivity contribution is -0.386. The van der Waals surface area contributed by atoms with E-state index in [-0.39, 0.29) is 17.0 Å². The minimum Gasteiger partial charge on any atom is -0.545 e. The highest BCUT2D eigenvalue weighted by Crippen LogP contribution is 2.43.